The molecule has 0 spiro atoms. The third kappa shape index (κ3) is 6.30. The minimum atomic E-state index is -0.534. The summed E-state index contributed by atoms with van der Waals surface area (Å²) < 4.78 is 7.96. The molecule has 2 aromatic heterocycles. The predicted molar refractivity (Wildman–Crippen MR) is 146 cm³/mol. The number of urea groups is 1. The number of allylic oxidation sites excluding steroid dienone is 4. The van der Waals surface area contributed by atoms with Crippen LogP contribution in [0.5, 0.6) is 0 Å². The van der Waals surface area contributed by atoms with Crippen LogP contribution in [0.2, 0.25) is 5.02 Å². The van der Waals surface area contributed by atoms with Crippen molar-refractivity contribution in [1.29, 1.82) is 0 Å². The number of likely N-dealkylation sites (tertiary alicyclic amines) is 1. The highest BCUT2D eigenvalue weighted by atomic mass is 35.5. The quantitative estimate of drug-likeness (QED) is 0.282. The van der Waals surface area contributed by atoms with Crippen molar-refractivity contribution in [3.05, 3.63) is 94.9 Å². The van der Waals surface area contributed by atoms with Crippen LogP contribution < -0.4 is 5.32 Å². The monoisotopic (exact) mass is 523 g/mol. The van der Waals surface area contributed by atoms with Gasteiger partial charge in [0.1, 0.15) is 5.65 Å². The van der Waals surface area contributed by atoms with Crippen molar-refractivity contribution in [2.24, 2.45) is 4.99 Å². The minimum Gasteiger partial charge on any atom is -0.370 e. The van der Waals surface area contributed by atoms with Crippen LogP contribution in [0.4, 0.5) is 4.79 Å². The van der Waals surface area contributed by atoms with Crippen molar-refractivity contribution >= 4 is 41.1 Å². The molecule has 3 aromatic rings. The summed E-state index contributed by atoms with van der Waals surface area (Å²) in [5.74, 6) is 0. The molecule has 0 aliphatic carbocycles. The predicted octanol–water partition coefficient (Wildman–Crippen LogP) is 5.85. The number of pyridine rings is 1. The number of hydrogen-bond donors (Lipinski definition) is 1. The normalized spacial score (nSPS) is 15.4. The topological polar surface area (TPSA) is 71.2 Å². The molecule has 1 saturated heterocycles. The van der Waals surface area contributed by atoms with Crippen molar-refractivity contribution in [1.82, 2.24) is 19.6 Å². The van der Waals surface area contributed by atoms with Crippen LogP contribution in [0.1, 0.15) is 12.6 Å². The van der Waals surface area contributed by atoms with Gasteiger partial charge in [0, 0.05) is 42.6 Å². The van der Waals surface area contributed by atoms with Gasteiger partial charge in [0.05, 0.1) is 34.8 Å². The van der Waals surface area contributed by atoms with Gasteiger partial charge in [0.15, 0.2) is 0 Å². The summed E-state index contributed by atoms with van der Waals surface area (Å²) in [7, 11) is 0. The molecular weight excluding hydrogens is 497 g/mol. The highest BCUT2D eigenvalue weighted by Gasteiger charge is 2.29. The summed E-state index contributed by atoms with van der Waals surface area (Å²) in [6.07, 6.45) is 8.46. The van der Waals surface area contributed by atoms with Gasteiger partial charge in [-0.25, -0.2) is 14.8 Å². The van der Waals surface area contributed by atoms with Gasteiger partial charge in [-0.15, -0.1) is 0 Å². The van der Waals surface area contributed by atoms with Crippen LogP contribution in [-0.2, 0) is 11.3 Å². The van der Waals surface area contributed by atoms with Gasteiger partial charge in [0.25, 0.3) is 0 Å². The van der Waals surface area contributed by atoms with Crippen LogP contribution in [0.25, 0.3) is 16.9 Å². The van der Waals surface area contributed by atoms with Gasteiger partial charge in [-0.1, -0.05) is 54.1 Å². The average molecular weight is 524 g/mol. The molecule has 1 aliphatic rings. The molecule has 0 saturated carbocycles. The highest BCUT2D eigenvalue weighted by molar-refractivity contribution is 6.31. The van der Waals surface area contributed by atoms with Crippen LogP contribution in [-0.4, -0.2) is 52.3 Å². The Morgan fingerprint density at radius 1 is 1.28 bits per heavy atom. The Hall–Kier alpha value is -3.23. The summed E-state index contributed by atoms with van der Waals surface area (Å²) in [5.41, 5.74) is 4.40. The standard InChI is InChI=1S/C27H27Cl2N5O2/c1-3-7-22(29)23(4-2)31-27(35)30-13-15-36-21-16-33(17-21)18-24-26(19-9-11-20(28)12-10-19)32-25-8-5-6-14-34(24)25/h3-14,21H,2,15-18H2,1H3,(H,31,35)/b7-3-,23-22-,30-13?. The number of fused-ring (bicyclic) bond motifs is 1. The SMILES string of the molecule is C=C/C(NC(=O)N=CCOC1CN(Cc2c(-c3ccc(Cl)cc3)nc3ccccn23)C1)=C(Cl)\C=C/C. The van der Waals surface area contributed by atoms with E-state index in [4.69, 9.17) is 32.9 Å². The zero-order valence-electron chi connectivity index (χ0n) is 19.9. The second-order valence-corrected chi connectivity index (χ2v) is 9.04. The minimum absolute atomic E-state index is 0.0745. The molecule has 186 valence electrons. The fraction of sp³-hybridized carbons (Fsp3) is 0.222. The second kappa shape index (κ2) is 12.1. The molecule has 0 radical (unpaired) electrons. The highest BCUT2D eigenvalue weighted by Crippen LogP contribution is 2.28. The lowest BCUT2D eigenvalue weighted by atomic mass is 10.1. The first-order valence-corrected chi connectivity index (χ1v) is 12.3. The maximum atomic E-state index is 12.0. The molecule has 1 aliphatic heterocycles. The van der Waals surface area contributed by atoms with E-state index in [-0.39, 0.29) is 12.7 Å². The molecule has 9 heteroatoms. The number of hydrogen-bond acceptors (Lipinski definition) is 4. The number of nitrogens with zero attached hydrogens (tertiary/aromatic N) is 4. The second-order valence-electron chi connectivity index (χ2n) is 8.20. The molecule has 36 heavy (non-hydrogen) atoms. The molecule has 0 unspecified atom stereocenters. The molecule has 7 nitrogen and oxygen atoms in total. The van der Waals surface area contributed by atoms with Gasteiger partial charge in [-0.05, 0) is 43.3 Å². The first-order chi connectivity index (χ1) is 17.5. The molecular formula is C27H27Cl2N5O2. The van der Waals surface area contributed by atoms with Gasteiger partial charge < -0.3 is 14.5 Å². The molecule has 4 rings (SSSR count). The summed E-state index contributed by atoms with van der Waals surface area (Å²) in [6, 6.07) is 13.2. The first kappa shape index (κ1) is 25.9. The number of aromatic nitrogens is 2. The van der Waals surface area contributed by atoms with E-state index in [2.05, 4.69) is 26.2 Å². The first-order valence-electron chi connectivity index (χ1n) is 11.5. The van der Waals surface area contributed by atoms with Crippen molar-refractivity contribution in [3.63, 3.8) is 0 Å². The fourth-order valence-electron chi connectivity index (χ4n) is 3.90. The molecule has 0 bridgehead atoms. The van der Waals surface area contributed by atoms with Crippen LogP contribution in [0, 0.1) is 0 Å². The molecule has 1 fully saturated rings. The van der Waals surface area contributed by atoms with Gasteiger partial charge in [-0.2, -0.15) is 0 Å². The van der Waals surface area contributed by atoms with E-state index >= 15 is 0 Å². The number of amides is 2. The zero-order valence-corrected chi connectivity index (χ0v) is 21.4. The zero-order chi connectivity index (χ0) is 25.5. The van der Waals surface area contributed by atoms with Gasteiger partial charge in [-0.3, -0.25) is 4.90 Å². The lowest BCUT2D eigenvalue weighted by molar-refractivity contribution is -0.0434. The Bertz CT molecular complexity index is 1320. The molecule has 0 atom stereocenters. The van der Waals surface area contributed by atoms with E-state index in [9.17, 15) is 4.79 Å². The number of benzene rings is 1. The fourth-order valence-corrected chi connectivity index (χ4v) is 4.27. The van der Waals surface area contributed by atoms with E-state index in [0.29, 0.717) is 15.8 Å². The number of rotatable bonds is 9. The maximum absolute atomic E-state index is 12.0. The number of carbonyl (C=O) groups is 1. The van der Waals surface area contributed by atoms with Gasteiger partial charge >= 0.3 is 6.03 Å². The van der Waals surface area contributed by atoms with E-state index in [1.807, 2.05) is 55.6 Å². The summed E-state index contributed by atoms with van der Waals surface area (Å²) in [6.45, 7) is 8.02. The maximum Gasteiger partial charge on any atom is 0.345 e. The number of aliphatic imine (C=N–C) groups is 1. The van der Waals surface area contributed by atoms with Crippen LogP contribution in [0.3, 0.4) is 0 Å². The van der Waals surface area contributed by atoms with Crippen molar-refractivity contribution in [2.45, 2.75) is 19.6 Å². The average Bonchev–Trinajstić information content (AvgIpc) is 3.22. The smallest absolute Gasteiger partial charge is 0.345 e. The Labute approximate surface area is 220 Å². The lowest BCUT2D eigenvalue weighted by Gasteiger charge is -2.38. The number of imidazole rings is 1. The number of halogens is 2. The third-order valence-corrected chi connectivity index (χ3v) is 6.26. The summed E-state index contributed by atoms with van der Waals surface area (Å²) in [5, 5.41) is 3.68. The molecule has 1 aromatic carbocycles. The lowest BCUT2D eigenvalue weighted by Crippen LogP contribution is -2.51. The van der Waals surface area contributed by atoms with Crippen molar-refractivity contribution in [3.8, 4) is 11.3 Å². The van der Waals surface area contributed by atoms with Crippen molar-refractivity contribution < 1.29 is 9.53 Å². The van der Waals surface area contributed by atoms with Crippen LogP contribution in [0.15, 0.2) is 89.2 Å². The Balaban J connectivity index is 1.30. The van der Waals surface area contributed by atoms with Crippen LogP contribution >= 0.6 is 23.2 Å². The number of carbonyl (C=O) groups excluding carboxylic acids is 1. The van der Waals surface area contributed by atoms with E-state index in [1.54, 1.807) is 12.2 Å². The molecule has 1 N–H and O–H groups in total. The van der Waals surface area contributed by atoms with E-state index in [0.717, 1.165) is 42.2 Å². The van der Waals surface area contributed by atoms with E-state index < -0.39 is 6.03 Å². The summed E-state index contributed by atoms with van der Waals surface area (Å²) in [4.78, 5) is 23.0. The van der Waals surface area contributed by atoms with E-state index in [1.165, 1.54) is 12.3 Å². The molecule has 3 heterocycles. The molecule has 2 amide bonds. The van der Waals surface area contributed by atoms with Crippen molar-refractivity contribution in [2.75, 3.05) is 19.7 Å². The number of nitrogens with one attached hydrogen (secondary N) is 1. The Kier molecular flexibility index (Phi) is 8.72. The third-order valence-electron chi connectivity index (χ3n) is 5.67. The Morgan fingerprint density at radius 3 is 2.78 bits per heavy atom. The summed E-state index contributed by atoms with van der Waals surface area (Å²) >= 11 is 12.2. The Morgan fingerprint density at radius 2 is 2.06 bits per heavy atom. The number of ether oxygens (including phenoxy) is 1. The largest absolute Gasteiger partial charge is 0.370 e. The van der Waals surface area contributed by atoms with Gasteiger partial charge in [0.2, 0.25) is 0 Å².